The van der Waals surface area contributed by atoms with Gasteiger partial charge in [-0.15, -0.1) is 0 Å². The van der Waals surface area contributed by atoms with Crippen molar-refractivity contribution in [2.24, 2.45) is 0 Å². The van der Waals surface area contributed by atoms with Crippen LogP contribution in [0.4, 0.5) is 10.5 Å². The number of benzene rings is 1. The Morgan fingerprint density at radius 1 is 1.15 bits per heavy atom. The van der Waals surface area contributed by atoms with Crippen LogP contribution in [0.2, 0.25) is 0 Å². The van der Waals surface area contributed by atoms with Crippen LogP contribution in [0.15, 0.2) is 24.3 Å². The molecule has 26 heavy (non-hydrogen) atoms. The van der Waals surface area contributed by atoms with Crippen molar-refractivity contribution in [2.45, 2.75) is 57.7 Å². The van der Waals surface area contributed by atoms with Gasteiger partial charge in [0, 0.05) is 13.0 Å². The van der Waals surface area contributed by atoms with Crippen molar-refractivity contribution in [3.05, 3.63) is 29.8 Å². The van der Waals surface area contributed by atoms with Crippen molar-refractivity contribution in [3.8, 4) is 0 Å². The quantitative estimate of drug-likeness (QED) is 0.875. The number of carbonyl (C=O) groups is 3. The lowest BCUT2D eigenvalue weighted by atomic mass is 10.1. The predicted octanol–water partition coefficient (Wildman–Crippen LogP) is 2.43. The number of nitrogens with zero attached hydrogens (tertiary/aromatic N) is 2. The van der Waals surface area contributed by atoms with Crippen LogP contribution in [0.3, 0.4) is 0 Å². The summed E-state index contributed by atoms with van der Waals surface area (Å²) in [5.41, 5.74) is 0.827. The highest BCUT2D eigenvalue weighted by Crippen LogP contribution is 2.35. The van der Waals surface area contributed by atoms with Crippen molar-refractivity contribution in [2.75, 3.05) is 11.4 Å². The van der Waals surface area contributed by atoms with Gasteiger partial charge in [-0.3, -0.25) is 9.69 Å². The summed E-state index contributed by atoms with van der Waals surface area (Å²) in [6, 6.07) is 5.71. The van der Waals surface area contributed by atoms with Crippen molar-refractivity contribution >= 4 is 23.7 Å². The number of carbonyl (C=O) groups excluding carboxylic acids is 2. The number of amides is 2. The predicted molar refractivity (Wildman–Crippen MR) is 95.0 cm³/mol. The SMILES string of the molecule is CC(C)(C)OC(=O)N1c2ccccc2CC1C(=O)N1CCC[C@H]1C(=O)O. The van der Waals surface area contributed by atoms with Crippen LogP contribution in [-0.4, -0.2) is 52.2 Å². The molecule has 1 saturated heterocycles. The minimum atomic E-state index is -1.00. The molecule has 3 rings (SSSR count). The van der Waals surface area contributed by atoms with Crippen molar-refractivity contribution < 1.29 is 24.2 Å². The van der Waals surface area contributed by atoms with E-state index in [9.17, 15) is 19.5 Å². The van der Waals surface area contributed by atoms with Gasteiger partial charge in [-0.05, 0) is 45.2 Å². The largest absolute Gasteiger partial charge is 0.480 e. The van der Waals surface area contributed by atoms with Gasteiger partial charge in [0.1, 0.15) is 17.7 Å². The van der Waals surface area contributed by atoms with E-state index in [1.54, 1.807) is 32.9 Å². The molecule has 140 valence electrons. The number of anilines is 1. The number of aliphatic carboxylic acids is 1. The van der Waals surface area contributed by atoms with Gasteiger partial charge in [0.15, 0.2) is 0 Å². The minimum Gasteiger partial charge on any atom is -0.480 e. The molecule has 7 heteroatoms. The molecule has 2 atom stereocenters. The second-order valence-electron chi connectivity index (χ2n) is 7.73. The molecular weight excluding hydrogens is 336 g/mol. The number of ether oxygens (including phenoxy) is 1. The smallest absolute Gasteiger partial charge is 0.415 e. The summed E-state index contributed by atoms with van der Waals surface area (Å²) >= 11 is 0. The zero-order valence-corrected chi connectivity index (χ0v) is 15.3. The Hall–Kier alpha value is -2.57. The van der Waals surface area contributed by atoms with Gasteiger partial charge in [0.2, 0.25) is 5.91 Å². The van der Waals surface area contributed by atoms with Crippen LogP contribution in [0.1, 0.15) is 39.2 Å². The maximum atomic E-state index is 13.1. The number of carboxylic acid groups (broad SMARTS) is 1. The monoisotopic (exact) mass is 360 g/mol. The van der Waals surface area contributed by atoms with Gasteiger partial charge in [-0.2, -0.15) is 0 Å². The van der Waals surface area contributed by atoms with E-state index in [1.165, 1.54) is 9.80 Å². The summed E-state index contributed by atoms with van der Waals surface area (Å²) in [7, 11) is 0. The topological polar surface area (TPSA) is 87.2 Å². The highest BCUT2D eigenvalue weighted by atomic mass is 16.6. The van der Waals surface area contributed by atoms with Crippen molar-refractivity contribution in [3.63, 3.8) is 0 Å². The fourth-order valence-electron chi connectivity index (χ4n) is 3.60. The molecule has 0 spiro atoms. The molecule has 1 aromatic rings. The van der Waals surface area contributed by atoms with E-state index < -0.39 is 29.7 Å². The third-order valence-corrected chi connectivity index (χ3v) is 4.67. The van der Waals surface area contributed by atoms with Gasteiger partial charge in [-0.25, -0.2) is 9.59 Å². The van der Waals surface area contributed by atoms with Crippen molar-refractivity contribution in [1.29, 1.82) is 0 Å². The number of fused-ring (bicyclic) bond motifs is 1. The Bertz CT molecular complexity index is 740. The molecule has 1 N–H and O–H groups in total. The zero-order chi connectivity index (χ0) is 19.1. The summed E-state index contributed by atoms with van der Waals surface area (Å²) < 4.78 is 5.50. The average Bonchev–Trinajstić information content (AvgIpc) is 3.17. The first-order chi connectivity index (χ1) is 12.2. The Morgan fingerprint density at radius 3 is 2.50 bits per heavy atom. The molecule has 2 heterocycles. The second-order valence-corrected chi connectivity index (χ2v) is 7.73. The summed E-state index contributed by atoms with van der Waals surface area (Å²) in [4.78, 5) is 40.1. The normalized spacial score (nSPS) is 22.3. The molecule has 0 bridgehead atoms. The number of likely N-dealkylation sites (tertiary alicyclic amines) is 1. The van der Waals surface area contributed by atoms with Crippen LogP contribution >= 0.6 is 0 Å². The van der Waals surface area contributed by atoms with E-state index in [0.717, 1.165) is 5.56 Å². The van der Waals surface area contributed by atoms with Crippen LogP contribution in [0.25, 0.3) is 0 Å². The molecule has 0 saturated carbocycles. The fourth-order valence-corrected chi connectivity index (χ4v) is 3.60. The van der Waals surface area contributed by atoms with Crippen LogP contribution in [-0.2, 0) is 20.7 Å². The highest BCUT2D eigenvalue weighted by molar-refractivity contribution is 6.01. The third kappa shape index (κ3) is 3.38. The molecule has 0 aromatic heterocycles. The first-order valence-electron chi connectivity index (χ1n) is 8.82. The Labute approximate surface area is 152 Å². The number of hydrogen-bond donors (Lipinski definition) is 1. The van der Waals surface area contributed by atoms with E-state index in [0.29, 0.717) is 31.5 Å². The lowest BCUT2D eigenvalue weighted by Gasteiger charge is -2.31. The Kier molecular flexibility index (Phi) is 4.64. The van der Waals surface area contributed by atoms with Crippen LogP contribution in [0.5, 0.6) is 0 Å². The first kappa shape index (κ1) is 18.2. The molecule has 1 aromatic carbocycles. The van der Waals surface area contributed by atoms with Crippen LogP contribution < -0.4 is 4.90 Å². The lowest BCUT2D eigenvalue weighted by Crippen LogP contribution is -2.53. The van der Waals surface area contributed by atoms with Crippen molar-refractivity contribution in [1.82, 2.24) is 4.90 Å². The summed E-state index contributed by atoms with van der Waals surface area (Å²) in [5.74, 6) is -1.34. The van der Waals surface area contributed by atoms with E-state index in [4.69, 9.17) is 4.74 Å². The number of para-hydroxylation sites is 1. The molecular formula is C19H24N2O5. The lowest BCUT2D eigenvalue weighted by molar-refractivity contribution is -0.148. The molecule has 0 radical (unpaired) electrons. The number of hydrogen-bond acceptors (Lipinski definition) is 4. The fraction of sp³-hybridized carbons (Fsp3) is 0.526. The third-order valence-electron chi connectivity index (χ3n) is 4.67. The highest BCUT2D eigenvalue weighted by Gasteiger charge is 2.45. The summed E-state index contributed by atoms with van der Waals surface area (Å²) in [6.07, 6.45) is 0.853. The zero-order valence-electron chi connectivity index (χ0n) is 15.3. The van der Waals surface area contributed by atoms with Gasteiger partial charge in [-0.1, -0.05) is 18.2 Å². The van der Waals surface area contributed by atoms with Gasteiger partial charge >= 0.3 is 12.1 Å². The van der Waals surface area contributed by atoms with Gasteiger partial charge in [0.25, 0.3) is 0 Å². The van der Waals surface area contributed by atoms with E-state index in [1.807, 2.05) is 12.1 Å². The molecule has 2 aliphatic heterocycles. The average molecular weight is 360 g/mol. The molecule has 0 aliphatic carbocycles. The standard InChI is InChI=1S/C19H24N2O5/c1-19(2,3)26-18(25)21-13-8-5-4-7-12(13)11-15(21)16(22)20-10-6-9-14(20)17(23)24/h4-5,7-8,14-15H,6,9-11H2,1-3H3,(H,23,24)/t14-,15?/m0/s1. The van der Waals surface area contributed by atoms with Crippen LogP contribution in [0, 0.1) is 0 Å². The Morgan fingerprint density at radius 2 is 1.85 bits per heavy atom. The molecule has 1 fully saturated rings. The molecule has 7 nitrogen and oxygen atoms in total. The molecule has 2 amide bonds. The van der Waals surface area contributed by atoms with Gasteiger partial charge < -0.3 is 14.7 Å². The number of carboxylic acids is 1. The maximum Gasteiger partial charge on any atom is 0.415 e. The maximum absolute atomic E-state index is 13.1. The van der Waals surface area contributed by atoms with E-state index >= 15 is 0 Å². The van der Waals surface area contributed by atoms with Gasteiger partial charge in [0.05, 0.1) is 5.69 Å². The number of rotatable bonds is 2. The first-order valence-corrected chi connectivity index (χ1v) is 8.82. The minimum absolute atomic E-state index is 0.336. The summed E-state index contributed by atoms with van der Waals surface area (Å²) in [5, 5.41) is 9.38. The van der Waals surface area contributed by atoms with E-state index in [-0.39, 0.29) is 5.91 Å². The molecule has 2 aliphatic rings. The Balaban J connectivity index is 1.91. The summed E-state index contributed by atoms with van der Waals surface area (Å²) in [6.45, 7) is 5.70. The molecule has 1 unspecified atom stereocenters. The second kappa shape index (κ2) is 6.63. The van der Waals surface area contributed by atoms with E-state index in [2.05, 4.69) is 0 Å².